The zero-order valence-corrected chi connectivity index (χ0v) is 7.71. The summed E-state index contributed by atoms with van der Waals surface area (Å²) >= 11 is 0. The molecule has 1 aromatic carbocycles. The highest BCUT2D eigenvalue weighted by molar-refractivity contribution is 5.47. The predicted molar refractivity (Wildman–Crippen MR) is 54.3 cm³/mol. The maximum Gasteiger partial charge on any atom is 0.0572 e. The lowest BCUT2D eigenvalue weighted by atomic mass is 10.3. The Hall–Kier alpha value is -1.46. The monoisotopic (exact) mass is 175 g/mol. The number of methoxy groups -OCH3 is 1. The molecule has 0 radical (unpaired) electrons. The van der Waals surface area contributed by atoms with Crippen LogP contribution in [0.3, 0.4) is 0 Å². The molecule has 0 aliphatic heterocycles. The molecule has 0 aliphatic carbocycles. The Morgan fingerprint density at radius 3 is 2.77 bits per heavy atom. The van der Waals surface area contributed by atoms with Gasteiger partial charge in [0.2, 0.25) is 0 Å². The second kappa shape index (κ2) is 6.10. The molecule has 0 saturated heterocycles. The number of rotatable bonds is 3. The maximum absolute atomic E-state index is 4.86. The van der Waals surface area contributed by atoms with E-state index in [1.165, 1.54) is 0 Å². The van der Waals surface area contributed by atoms with E-state index >= 15 is 0 Å². The molecule has 0 fully saturated rings. The first-order chi connectivity index (χ1) is 6.43. The smallest absolute Gasteiger partial charge is 0.0572 e. The number of anilines is 1. The van der Waals surface area contributed by atoms with Crippen LogP contribution in [0.2, 0.25) is 0 Å². The van der Waals surface area contributed by atoms with Gasteiger partial charge in [-0.3, -0.25) is 0 Å². The van der Waals surface area contributed by atoms with Gasteiger partial charge >= 0.3 is 0 Å². The van der Waals surface area contributed by atoms with Gasteiger partial charge in [0.25, 0.3) is 0 Å². The first-order valence-corrected chi connectivity index (χ1v) is 4.21. The van der Waals surface area contributed by atoms with Gasteiger partial charge in [-0.15, -0.1) is 0 Å². The van der Waals surface area contributed by atoms with Crippen LogP contribution in [0.1, 0.15) is 6.42 Å². The van der Waals surface area contributed by atoms with E-state index < -0.39 is 0 Å². The molecule has 13 heavy (non-hydrogen) atoms. The van der Waals surface area contributed by atoms with E-state index in [0.717, 1.165) is 12.1 Å². The molecule has 0 saturated carbocycles. The molecule has 1 N–H and O–H groups in total. The lowest BCUT2D eigenvalue weighted by molar-refractivity contribution is 0.206. The summed E-state index contributed by atoms with van der Waals surface area (Å²) in [5.41, 5.74) is 1.02. The van der Waals surface area contributed by atoms with Gasteiger partial charge in [-0.1, -0.05) is 24.1 Å². The van der Waals surface area contributed by atoms with Gasteiger partial charge < -0.3 is 10.1 Å². The molecule has 0 unspecified atom stereocenters. The fraction of sp³-hybridized carbons (Fsp3) is 0.273. The van der Waals surface area contributed by atoms with Crippen LogP contribution in [-0.4, -0.2) is 13.7 Å². The average molecular weight is 175 g/mol. The normalized spacial score (nSPS) is 8.69. The molecular formula is C11H13NO. The molecular weight excluding hydrogens is 162 g/mol. The molecule has 0 amide bonds. The zero-order chi connectivity index (χ0) is 9.36. The number of benzene rings is 1. The molecule has 68 valence electrons. The third kappa shape index (κ3) is 4.19. The number of para-hydroxylation sites is 1. The van der Waals surface area contributed by atoms with Crippen molar-refractivity contribution in [1.82, 2.24) is 0 Å². The van der Waals surface area contributed by atoms with Gasteiger partial charge in [-0.2, -0.15) is 0 Å². The SMILES string of the molecule is COCCC#CNc1ccccc1. The van der Waals surface area contributed by atoms with Gasteiger partial charge in [0.1, 0.15) is 0 Å². The Bertz CT molecular complexity index is 284. The third-order valence-electron chi connectivity index (χ3n) is 1.50. The van der Waals surface area contributed by atoms with Crippen molar-refractivity contribution in [2.24, 2.45) is 0 Å². The van der Waals surface area contributed by atoms with Crippen LogP contribution in [0.4, 0.5) is 5.69 Å². The molecule has 0 spiro atoms. The molecule has 0 bridgehead atoms. The third-order valence-corrected chi connectivity index (χ3v) is 1.50. The van der Waals surface area contributed by atoms with Crippen molar-refractivity contribution >= 4 is 5.69 Å². The predicted octanol–water partition coefficient (Wildman–Crippen LogP) is 2.10. The summed E-state index contributed by atoms with van der Waals surface area (Å²) in [6.45, 7) is 0.684. The van der Waals surface area contributed by atoms with Crippen LogP contribution in [-0.2, 0) is 4.74 Å². The Labute approximate surface area is 78.9 Å². The molecule has 0 heterocycles. The van der Waals surface area contributed by atoms with Crippen LogP contribution in [0.5, 0.6) is 0 Å². The van der Waals surface area contributed by atoms with Gasteiger partial charge in [0.15, 0.2) is 0 Å². The van der Waals surface area contributed by atoms with Crippen LogP contribution >= 0.6 is 0 Å². The molecule has 1 rings (SSSR count). The lowest BCUT2D eigenvalue weighted by Gasteiger charge is -1.95. The highest BCUT2D eigenvalue weighted by atomic mass is 16.5. The number of hydrogen-bond acceptors (Lipinski definition) is 2. The minimum absolute atomic E-state index is 0.684. The van der Waals surface area contributed by atoms with Gasteiger partial charge in [0.05, 0.1) is 6.61 Å². The van der Waals surface area contributed by atoms with E-state index in [-0.39, 0.29) is 0 Å². The van der Waals surface area contributed by atoms with Crippen LogP contribution in [0, 0.1) is 12.0 Å². The maximum atomic E-state index is 4.86. The minimum Gasteiger partial charge on any atom is -0.384 e. The van der Waals surface area contributed by atoms with E-state index in [4.69, 9.17) is 4.74 Å². The summed E-state index contributed by atoms with van der Waals surface area (Å²) in [7, 11) is 1.67. The van der Waals surface area contributed by atoms with Crippen molar-refractivity contribution < 1.29 is 4.74 Å². The van der Waals surface area contributed by atoms with Crippen molar-refractivity contribution in [3.63, 3.8) is 0 Å². The van der Waals surface area contributed by atoms with E-state index in [2.05, 4.69) is 17.3 Å². The standard InChI is InChI=1S/C11H13NO/c1-13-10-6-5-9-12-11-7-3-2-4-8-11/h2-4,7-8,12H,6,10H2,1H3. The van der Waals surface area contributed by atoms with Crippen molar-refractivity contribution in [2.45, 2.75) is 6.42 Å². The highest BCUT2D eigenvalue weighted by Gasteiger charge is 1.82. The summed E-state index contributed by atoms with van der Waals surface area (Å²) < 4.78 is 4.86. The number of nitrogens with one attached hydrogen (secondary N) is 1. The summed E-state index contributed by atoms with van der Waals surface area (Å²) in [6, 6.07) is 12.7. The Morgan fingerprint density at radius 1 is 1.31 bits per heavy atom. The summed E-state index contributed by atoms with van der Waals surface area (Å²) in [4.78, 5) is 0. The molecule has 2 nitrogen and oxygen atoms in total. The van der Waals surface area contributed by atoms with Crippen molar-refractivity contribution in [3.8, 4) is 12.0 Å². The summed E-state index contributed by atoms with van der Waals surface area (Å²) in [6.07, 6.45) is 0.760. The Morgan fingerprint density at radius 2 is 2.08 bits per heavy atom. The fourth-order valence-corrected chi connectivity index (χ4v) is 0.853. The van der Waals surface area contributed by atoms with Gasteiger partial charge in [-0.25, -0.2) is 0 Å². The van der Waals surface area contributed by atoms with Gasteiger partial charge in [-0.05, 0) is 12.1 Å². The second-order valence-electron chi connectivity index (χ2n) is 2.54. The molecule has 0 atom stereocenters. The minimum atomic E-state index is 0.684. The number of ether oxygens (including phenoxy) is 1. The van der Waals surface area contributed by atoms with Crippen molar-refractivity contribution in [1.29, 1.82) is 0 Å². The first kappa shape index (κ1) is 9.63. The zero-order valence-electron chi connectivity index (χ0n) is 7.71. The molecule has 2 heteroatoms. The average Bonchev–Trinajstić information content (AvgIpc) is 2.19. The fourth-order valence-electron chi connectivity index (χ4n) is 0.853. The first-order valence-electron chi connectivity index (χ1n) is 4.21. The van der Waals surface area contributed by atoms with Crippen LogP contribution in [0.25, 0.3) is 0 Å². The quantitative estimate of drug-likeness (QED) is 0.431. The summed E-state index contributed by atoms with van der Waals surface area (Å²) in [5, 5.41) is 2.99. The topological polar surface area (TPSA) is 21.3 Å². The van der Waals surface area contributed by atoms with Gasteiger partial charge in [0, 0.05) is 25.3 Å². The lowest BCUT2D eigenvalue weighted by Crippen LogP contribution is -1.88. The highest BCUT2D eigenvalue weighted by Crippen LogP contribution is 2.02. The molecule has 0 aliphatic rings. The Balaban J connectivity index is 2.29. The van der Waals surface area contributed by atoms with E-state index in [1.807, 2.05) is 30.3 Å². The second-order valence-corrected chi connectivity index (χ2v) is 2.54. The van der Waals surface area contributed by atoms with Crippen molar-refractivity contribution in [2.75, 3.05) is 19.0 Å². The summed E-state index contributed by atoms with van der Waals surface area (Å²) in [5.74, 6) is 2.95. The van der Waals surface area contributed by atoms with E-state index in [0.29, 0.717) is 6.61 Å². The van der Waals surface area contributed by atoms with Crippen LogP contribution in [0.15, 0.2) is 30.3 Å². The largest absolute Gasteiger partial charge is 0.384 e. The van der Waals surface area contributed by atoms with Crippen LogP contribution < -0.4 is 5.32 Å². The van der Waals surface area contributed by atoms with E-state index in [9.17, 15) is 0 Å². The number of hydrogen-bond donors (Lipinski definition) is 1. The van der Waals surface area contributed by atoms with E-state index in [1.54, 1.807) is 7.11 Å². The molecule has 0 aromatic heterocycles. The Kier molecular flexibility index (Phi) is 4.52. The molecule has 1 aromatic rings. The van der Waals surface area contributed by atoms with Crippen molar-refractivity contribution in [3.05, 3.63) is 30.3 Å².